The van der Waals surface area contributed by atoms with Crippen molar-refractivity contribution in [1.82, 2.24) is 9.80 Å². The number of aryl methyl sites for hydroxylation is 1. The molecule has 0 aromatic heterocycles. The molecule has 0 aliphatic carbocycles. The maximum Gasteiger partial charge on any atom is 0.264 e. The fourth-order valence-electron chi connectivity index (χ4n) is 3.65. The number of rotatable bonds is 6. The molecule has 0 saturated carbocycles. The Balaban J connectivity index is 1.67. The van der Waals surface area contributed by atoms with E-state index in [4.69, 9.17) is 0 Å². The number of piperazine rings is 1. The van der Waals surface area contributed by atoms with Gasteiger partial charge in [0.1, 0.15) is 0 Å². The van der Waals surface area contributed by atoms with Crippen LogP contribution in [0.5, 0.6) is 0 Å². The van der Waals surface area contributed by atoms with E-state index < -0.39 is 10.0 Å². The van der Waals surface area contributed by atoms with Crippen LogP contribution in [0, 0.1) is 12.8 Å². The van der Waals surface area contributed by atoms with Gasteiger partial charge in [-0.2, -0.15) is 0 Å². The molecular weight excluding hydrogens is 398 g/mol. The molecule has 0 unspecified atom stereocenters. The number of sulfonamides is 1. The number of carbonyl (C=O) groups excluding carboxylic acids is 1. The molecule has 1 saturated heterocycles. The minimum atomic E-state index is -3.65. The summed E-state index contributed by atoms with van der Waals surface area (Å²) in [6.45, 7) is 10.6. The third-order valence-corrected chi connectivity index (χ3v) is 7.24. The molecule has 1 heterocycles. The van der Waals surface area contributed by atoms with Gasteiger partial charge in [-0.1, -0.05) is 31.5 Å². The molecule has 0 atom stereocenters. The molecule has 2 aromatic rings. The first-order valence-electron chi connectivity index (χ1n) is 10.4. The summed E-state index contributed by atoms with van der Waals surface area (Å²) in [5.74, 6) is 0.614. The Kier molecular flexibility index (Phi) is 6.83. The molecule has 0 radical (unpaired) electrons. The molecule has 30 heavy (non-hydrogen) atoms. The maximum atomic E-state index is 12.9. The van der Waals surface area contributed by atoms with Gasteiger partial charge in [-0.05, 0) is 49.2 Å². The lowest BCUT2D eigenvalue weighted by molar-refractivity contribution is 0.0624. The standard InChI is InChI=1S/C23H31N3O3S/c1-18(2)17-25-13-15-26(16-14-25)23(27)20-7-9-21(10-8-20)24(4)30(28,29)22-11-5-19(3)6-12-22/h5-12,18H,13-17H2,1-4H3. The average Bonchev–Trinajstić information content (AvgIpc) is 2.73. The maximum absolute atomic E-state index is 12.9. The summed E-state index contributed by atoms with van der Waals surface area (Å²) in [7, 11) is -2.12. The molecule has 1 fully saturated rings. The van der Waals surface area contributed by atoms with Gasteiger partial charge in [-0.25, -0.2) is 8.42 Å². The highest BCUT2D eigenvalue weighted by Gasteiger charge is 2.24. The number of amides is 1. The topological polar surface area (TPSA) is 60.9 Å². The van der Waals surface area contributed by atoms with Crippen molar-refractivity contribution in [3.63, 3.8) is 0 Å². The fourth-order valence-corrected chi connectivity index (χ4v) is 4.85. The molecule has 1 aliphatic heterocycles. The van der Waals surface area contributed by atoms with E-state index in [1.807, 2.05) is 11.8 Å². The van der Waals surface area contributed by atoms with Gasteiger partial charge in [0.2, 0.25) is 0 Å². The van der Waals surface area contributed by atoms with E-state index in [-0.39, 0.29) is 10.8 Å². The lowest BCUT2D eigenvalue weighted by atomic mass is 10.1. The molecule has 0 spiro atoms. The van der Waals surface area contributed by atoms with Crippen molar-refractivity contribution in [1.29, 1.82) is 0 Å². The van der Waals surface area contributed by atoms with Crippen LogP contribution in [0.1, 0.15) is 29.8 Å². The summed E-state index contributed by atoms with van der Waals surface area (Å²) < 4.78 is 27.0. The zero-order valence-corrected chi connectivity index (χ0v) is 19.0. The van der Waals surface area contributed by atoms with E-state index in [0.717, 1.165) is 38.3 Å². The zero-order chi connectivity index (χ0) is 21.9. The van der Waals surface area contributed by atoms with Crippen LogP contribution in [0.25, 0.3) is 0 Å². The minimum Gasteiger partial charge on any atom is -0.336 e. The molecule has 6 nitrogen and oxygen atoms in total. The number of anilines is 1. The normalized spacial score (nSPS) is 15.4. The largest absolute Gasteiger partial charge is 0.336 e. The second kappa shape index (κ2) is 9.18. The SMILES string of the molecule is Cc1ccc(S(=O)(=O)N(C)c2ccc(C(=O)N3CCN(CC(C)C)CC3)cc2)cc1. The number of benzene rings is 2. The van der Waals surface area contributed by atoms with Crippen molar-refractivity contribution in [3.8, 4) is 0 Å². The van der Waals surface area contributed by atoms with Crippen molar-refractivity contribution < 1.29 is 13.2 Å². The third kappa shape index (κ3) is 5.02. The first kappa shape index (κ1) is 22.3. The smallest absolute Gasteiger partial charge is 0.264 e. The lowest BCUT2D eigenvalue weighted by Gasteiger charge is -2.35. The summed E-state index contributed by atoms with van der Waals surface area (Å²) in [5, 5.41) is 0. The van der Waals surface area contributed by atoms with Crippen LogP contribution in [-0.4, -0.2) is 63.9 Å². The number of hydrogen-bond donors (Lipinski definition) is 0. The van der Waals surface area contributed by atoms with Gasteiger partial charge in [-0.3, -0.25) is 14.0 Å². The van der Waals surface area contributed by atoms with Gasteiger partial charge in [0.05, 0.1) is 10.6 Å². The lowest BCUT2D eigenvalue weighted by Crippen LogP contribution is -2.49. The second-order valence-electron chi connectivity index (χ2n) is 8.32. The van der Waals surface area contributed by atoms with Crippen molar-refractivity contribution in [3.05, 3.63) is 59.7 Å². The quantitative estimate of drug-likeness (QED) is 0.707. The summed E-state index contributed by atoms with van der Waals surface area (Å²) >= 11 is 0. The van der Waals surface area contributed by atoms with E-state index in [2.05, 4.69) is 18.7 Å². The van der Waals surface area contributed by atoms with E-state index in [1.165, 1.54) is 11.4 Å². The van der Waals surface area contributed by atoms with Gasteiger partial charge in [-0.15, -0.1) is 0 Å². The highest BCUT2D eigenvalue weighted by molar-refractivity contribution is 7.92. The highest BCUT2D eigenvalue weighted by atomic mass is 32.2. The molecule has 162 valence electrons. The van der Waals surface area contributed by atoms with Crippen LogP contribution in [0.3, 0.4) is 0 Å². The Labute approximate surface area is 180 Å². The van der Waals surface area contributed by atoms with Gasteiger partial charge < -0.3 is 4.90 Å². The molecule has 0 bridgehead atoms. The molecular formula is C23H31N3O3S. The number of carbonyl (C=O) groups is 1. The summed E-state index contributed by atoms with van der Waals surface area (Å²) in [6, 6.07) is 13.6. The van der Waals surface area contributed by atoms with Crippen LogP contribution in [0.4, 0.5) is 5.69 Å². The molecule has 2 aromatic carbocycles. The van der Waals surface area contributed by atoms with Crippen LogP contribution in [0.2, 0.25) is 0 Å². The Bertz CT molecular complexity index is 962. The zero-order valence-electron chi connectivity index (χ0n) is 18.2. The van der Waals surface area contributed by atoms with E-state index in [1.54, 1.807) is 48.5 Å². The molecule has 3 rings (SSSR count). The monoisotopic (exact) mass is 429 g/mol. The van der Waals surface area contributed by atoms with E-state index >= 15 is 0 Å². The second-order valence-corrected chi connectivity index (χ2v) is 10.3. The number of hydrogen-bond acceptors (Lipinski definition) is 4. The molecule has 0 N–H and O–H groups in total. The summed E-state index contributed by atoms with van der Waals surface area (Å²) in [4.78, 5) is 17.3. The van der Waals surface area contributed by atoms with Gasteiger partial charge >= 0.3 is 0 Å². The summed E-state index contributed by atoms with van der Waals surface area (Å²) in [6.07, 6.45) is 0. The van der Waals surface area contributed by atoms with Crippen LogP contribution in [-0.2, 0) is 10.0 Å². The molecule has 1 amide bonds. The average molecular weight is 430 g/mol. The van der Waals surface area contributed by atoms with E-state index in [9.17, 15) is 13.2 Å². The highest BCUT2D eigenvalue weighted by Crippen LogP contribution is 2.23. The predicted octanol–water partition coefficient (Wildman–Crippen LogP) is 3.23. The Hall–Kier alpha value is -2.38. The minimum absolute atomic E-state index is 0.00482. The Morgan fingerprint density at radius 3 is 2.07 bits per heavy atom. The van der Waals surface area contributed by atoms with Crippen LogP contribution < -0.4 is 4.31 Å². The molecule has 7 heteroatoms. The van der Waals surface area contributed by atoms with E-state index in [0.29, 0.717) is 17.2 Å². The summed E-state index contributed by atoms with van der Waals surface area (Å²) in [5.41, 5.74) is 2.11. The van der Waals surface area contributed by atoms with Gasteiger partial charge in [0.25, 0.3) is 15.9 Å². The molecule has 1 aliphatic rings. The van der Waals surface area contributed by atoms with Crippen molar-refractivity contribution in [2.45, 2.75) is 25.7 Å². The Morgan fingerprint density at radius 2 is 1.53 bits per heavy atom. The predicted molar refractivity (Wildman–Crippen MR) is 120 cm³/mol. The van der Waals surface area contributed by atoms with Crippen molar-refractivity contribution >= 4 is 21.6 Å². The fraction of sp³-hybridized carbons (Fsp3) is 0.435. The number of nitrogens with zero attached hydrogens (tertiary/aromatic N) is 3. The first-order valence-corrected chi connectivity index (χ1v) is 11.8. The third-order valence-electron chi connectivity index (χ3n) is 5.44. The van der Waals surface area contributed by atoms with Gasteiger partial charge in [0, 0.05) is 45.3 Å². The first-order chi connectivity index (χ1) is 14.2. The van der Waals surface area contributed by atoms with Crippen molar-refractivity contribution in [2.24, 2.45) is 5.92 Å². The van der Waals surface area contributed by atoms with Crippen LogP contribution in [0.15, 0.2) is 53.4 Å². The van der Waals surface area contributed by atoms with Gasteiger partial charge in [0.15, 0.2) is 0 Å². The van der Waals surface area contributed by atoms with Crippen LogP contribution >= 0.6 is 0 Å². The van der Waals surface area contributed by atoms with Crippen molar-refractivity contribution in [2.75, 3.05) is 44.1 Å². The Morgan fingerprint density at radius 1 is 0.967 bits per heavy atom.